The van der Waals surface area contributed by atoms with Gasteiger partial charge in [0.05, 0.1) is 14.2 Å². The number of hydrogen-bond acceptors (Lipinski definition) is 6. The molecule has 0 amide bonds. The van der Waals surface area contributed by atoms with Crippen LogP contribution in [0.3, 0.4) is 0 Å². The van der Waals surface area contributed by atoms with E-state index in [4.69, 9.17) is 9.47 Å². The Morgan fingerprint density at radius 3 is 1.34 bits per heavy atom. The third-order valence-electron chi connectivity index (χ3n) is 4.79. The summed E-state index contributed by atoms with van der Waals surface area (Å²) in [4.78, 5) is 23.6. The van der Waals surface area contributed by atoms with Crippen LogP contribution in [0.15, 0.2) is 132 Å². The molecule has 2 aromatic carbocycles. The van der Waals surface area contributed by atoms with E-state index < -0.39 is 0 Å². The first-order valence-corrected chi connectivity index (χ1v) is 10.6. The number of hydrogen-bond donors (Lipinski definition) is 2. The van der Waals surface area contributed by atoms with Crippen LogP contribution >= 0.6 is 0 Å². The number of rotatable bonds is 6. The number of benzene rings is 2. The predicted molar refractivity (Wildman–Crippen MR) is 135 cm³/mol. The van der Waals surface area contributed by atoms with Crippen molar-refractivity contribution in [3.05, 3.63) is 132 Å². The molecule has 181 valence electrons. The van der Waals surface area contributed by atoms with Crippen molar-refractivity contribution in [3.63, 3.8) is 0 Å². The number of methoxy groups -OCH3 is 2. The van der Waals surface area contributed by atoms with Crippen LogP contribution < -0.4 is 10.6 Å². The Labute approximate surface area is 215 Å². The number of ether oxygens (including phenoxy) is 2. The Morgan fingerprint density at radius 1 is 0.629 bits per heavy atom. The van der Waals surface area contributed by atoms with E-state index in [1.54, 1.807) is 48.9 Å². The predicted octanol–water partition coefficient (Wildman–Crippen LogP) is 5.30. The second-order valence-corrected chi connectivity index (χ2v) is 7.07. The monoisotopic (exact) mass is 513 g/mol. The zero-order chi connectivity index (χ0) is 24.2. The average Bonchev–Trinajstić information content (AvgIpc) is 2.89. The molecule has 0 unspecified atom stereocenters. The number of para-hydroxylation sites is 2. The molecule has 0 saturated heterocycles. The first-order valence-electron chi connectivity index (χ1n) is 10.6. The molecule has 0 spiro atoms. The number of Topliss-reactive ketones (excluding diaryl/α,β-unsaturated/α-hetero) is 2. The summed E-state index contributed by atoms with van der Waals surface area (Å²) in [7, 11) is 2.98. The van der Waals surface area contributed by atoms with E-state index in [1.165, 1.54) is 14.2 Å². The van der Waals surface area contributed by atoms with Crippen molar-refractivity contribution < 1.29 is 35.8 Å². The molecule has 0 atom stereocenters. The number of carbonyl (C=O) groups excluding carboxylic acids is 2. The van der Waals surface area contributed by atoms with Crippen LogP contribution in [0.1, 0.15) is 0 Å². The Kier molecular flexibility index (Phi) is 11.1. The molecule has 7 heteroatoms. The molecule has 4 rings (SSSR count). The van der Waals surface area contributed by atoms with Gasteiger partial charge in [-0.3, -0.25) is 9.59 Å². The topological polar surface area (TPSA) is 76.7 Å². The largest absolute Gasteiger partial charge is 0.493 e. The van der Waals surface area contributed by atoms with Gasteiger partial charge in [-0.05, 0) is 48.6 Å². The average molecular weight is 513 g/mol. The standard InChI is InChI=1S/2C14H13NO2.Co/c2*1-17-13-9-5-6-11(14(13)16)10-15-12-7-3-2-4-8-12;/h2*2-10,15H,1H3;/b2*11-10-;. The Morgan fingerprint density at radius 2 is 1.00 bits per heavy atom. The van der Waals surface area contributed by atoms with E-state index in [0.29, 0.717) is 22.7 Å². The van der Waals surface area contributed by atoms with Crippen LogP contribution in [-0.2, 0) is 35.8 Å². The first kappa shape index (κ1) is 27.2. The van der Waals surface area contributed by atoms with Crippen LogP contribution in [-0.4, -0.2) is 25.8 Å². The molecule has 35 heavy (non-hydrogen) atoms. The van der Waals surface area contributed by atoms with Gasteiger partial charge in [0, 0.05) is 51.7 Å². The third kappa shape index (κ3) is 8.03. The number of ketones is 2. The van der Waals surface area contributed by atoms with E-state index in [0.717, 1.165) is 11.4 Å². The zero-order valence-electron chi connectivity index (χ0n) is 19.4. The van der Waals surface area contributed by atoms with Gasteiger partial charge in [0.1, 0.15) is 0 Å². The SMILES string of the molecule is COC1=CC=C/C(=C/Nc2ccccc2)C1=O.COC1=CC=C/C(=C/Nc2ccccc2)C1=O.[Co]. The van der Waals surface area contributed by atoms with Gasteiger partial charge in [0.2, 0.25) is 11.6 Å². The van der Waals surface area contributed by atoms with E-state index in [9.17, 15) is 9.59 Å². The molecular weight excluding hydrogens is 487 g/mol. The summed E-state index contributed by atoms with van der Waals surface area (Å²) < 4.78 is 9.95. The number of anilines is 2. The maximum absolute atomic E-state index is 11.8. The molecule has 0 fully saturated rings. The van der Waals surface area contributed by atoms with Gasteiger partial charge in [-0.15, -0.1) is 0 Å². The molecule has 6 nitrogen and oxygen atoms in total. The first-order chi connectivity index (χ1) is 16.6. The van der Waals surface area contributed by atoms with Crippen molar-refractivity contribution in [1.29, 1.82) is 0 Å². The van der Waals surface area contributed by atoms with Crippen LogP contribution in [0.2, 0.25) is 0 Å². The normalized spacial score (nSPS) is 16.4. The summed E-state index contributed by atoms with van der Waals surface area (Å²) in [5.74, 6) is 0.485. The minimum absolute atomic E-state index is 0. The molecule has 2 N–H and O–H groups in total. The number of allylic oxidation sites excluding steroid dienone is 8. The maximum atomic E-state index is 11.8. The molecule has 0 aliphatic heterocycles. The van der Waals surface area contributed by atoms with Crippen molar-refractivity contribution >= 4 is 22.9 Å². The molecule has 2 aliphatic carbocycles. The second-order valence-electron chi connectivity index (χ2n) is 7.07. The Bertz CT molecular complexity index is 1100. The van der Waals surface area contributed by atoms with Gasteiger partial charge in [-0.2, -0.15) is 0 Å². The molecule has 1 radical (unpaired) electrons. The molecule has 0 aromatic heterocycles. The quantitative estimate of drug-likeness (QED) is 0.511. The van der Waals surface area contributed by atoms with Crippen LogP contribution in [0.4, 0.5) is 11.4 Å². The number of carbonyl (C=O) groups is 2. The van der Waals surface area contributed by atoms with Crippen LogP contribution in [0, 0.1) is 0 Å². The van der Waals surface area contributed by atoms with Crippen LogP contribution in [0.5, 0.6) is 0 Å². The van der Waals surface area contributed by atoms with Crippen molar-refractivity contribution in [3.8, 4) is 0 Å². The van der Waals surface area contributed by atoms with Gasteiger partial charge in [0.15, 0.2) is 11.5 Å². The smallest absolute Gasteiger partial charge is 0.228 e. The summed E-state index contributed by atoms with van der Waals surface area (Å²) in [6.45, 7) is 0. The summed E-state index contributed by atoms with van der Waals surface area (Å²) in [6.07, 6.45) is 13.8. The van der Waals surface area contributed by atoms with E-state index in [-0.39, 0.29) is 28.3 Å². The third-order valence-corrected chi connectivity index (χ3v) is 4.79. The number of nitrogens with one attached hydrogen (secondary N) is 2. The van der Waals surface area contributed by atoms with Gasteiger partial charge >= 0.3 is 0 Å². The minimum atomic E-state index is -0.113. The second kappa shape index (κ2) is 14.2. The summed E-state index contributed by atoms with van der Waals surface area (Å²) in [5, 5.41) is 6.15. The zero-order valence-corrected chi connectivity index (χ0v) is 20.4. The Hall–Kier alpha value is -4.07. The maximum Gasteiger partial charge on any atom is 0.228 e. The molecule has 2 aromatic rings. The fraction of sp³-hybridized carbons (Fsp3) is 0.0714. The van der Waals surface area contributed by atoms with Crippen molar-refractivity contribution in [1.82, 2.24) is 0 Å². The molecule has 2 aliphatic rings. The van der Waals surface area contributed by atoms with E-state index in [1.807, 2.05) is 60.7 Å². The molecule has 0 bridgehead atoms. The van der Waals surface area contributed by atoms with Crippen molar-refractivity contribution in [2.24, 2.45) is 0 Å². The summed E-state index contributed by atoms with van der Waals surface area (Å²) in [6, 6.07) is 19.3. The fourth-order valence-corrected chi connectivity index (χ4v) is 3.01. The van der Waals surface area contributed by atoms with Gasteiger partial charge < -0.3 is 20.1 Å². The fourth-order valence-electron chi connectivity index (χ4n) is 3.01. The molecule has 0 heterocycles. The summed E-state index contributed by atoms with van der Waals surface area (Å²) in [5.41, 5.74) is 3.03. The van der Waals surface area contributed by atoms with Gasteiger partial charge in [-0.25, -0.2) is 0 Å². The van der Waals surface area contributed by atoms with Crippen molar-refractivity contribution in [2.75, 3.05) is 24.9 Å². The van der Waals surface area contributed by atoms with Crippen molar-refractivity contribution in [2.45, 2.75) is 0 Å². The van der Waals surface area contributed by atoms with Crippen LogP contribution in [0.25, 0.3) is 0 Å². The Balaban J connectivity index is 0.000000240. The summed E-state index contributed by atoms with van der Waals surface area (Å²) >= 11 is 0. The van der Waals surface area contributed by atoms with Gasteiger partial charge in [-0.1, -0.05) is 48.6 Å². The molecular formula is C28H26CoN2O4. The van der Waals surface area contributed by atoms with E-state index >= 15 is 0 Å². The van der Waals surface area contributed by atoms with Gasteiger partial charge in [0.25, 0.3) is 0 Å². The molecule has 0 saturated carbocycles. The minimum Gasteiger partial charge on any atom is -0.493 e. The van der Waals surface area contributed by atoms with E-state index in [2.05, 4.69) is 10.6 Å².